The van der Waals surface area contributed by atoms with Crippen LogP contribution in [0.3, 0.4) is 0 Å². The second-order valence-electron chi connectivity index (χ2n) is 2.94. The van der Waals surface area contributed by atoms with E-state index in [9.17, 15) is 4.79 Å². The largest absolute Gasteiger partial charge is 0.306 e. The molecule has 2 aromatic heterocycles. The zero-order chi connectivity index (χ0) is 11.5. The maximum atomic E-state index is 11.7. The second-order valence-corrected chi connectivity index (χ2v) is 5.62. The minimum absolute atomic E-state index is 0.197. The minimum atomic E-state index is -0.197. The molecule has 2 heterocycles. The van der Waals surface area contributed by atoms with Crippen molar-refractivity contribution in [3.63, 3.8) is 0 Å². The molecular formula is C10H6BrClN2OS. The third-order valence-corrected chi connectivity index (χ3v) is 3.50. The Morgan fingerprint density at radius 2 is 2.31 bits per heavy atom. The topological polar surface area (TPSA) is 42.0 Å². The van der Waals surface area contributed by atoms with Crippen molar-refractivity contribution < 1.29 is 4.79 Å². The average Bonchev–Trinajstić information content (AvgIpc) is 2.65. The van der Waals surface area contributed by atoms with Gasteiger partial charge in [0.2, 0.25) is 0 Å². The van der Waals surface area contributed by atoms with E-state index in [0.717, 1.165) is 3.79 Å². The number of halogens is 2. The number of nitrogens with zero attached hydrogens (tertiary/aromatic N) is 1. The molecule has 0 unspecified atom stereocenters. The van der Waals surface area contributed by atoms with E-state index in [2.05, 4.69) is 26.2 Å². The molecule has 82 valence electrons. The number of aromatic nitrogens is 1. The van der Waals surface area contributed by atoms with Gasteiger partial charge in [0.15, 0.2) is 0 Å². The number of hydrogen-bond donors (Lipinski definition) is 1. The third-order valence-electron chi connectivity index (χ3n) is 1.79. The van der Waals surface area contributed by atoms with Crippen molar-refractivity contribution in [1.82, 2.24) is 4.98 Å². The standard InChI is InChI=1S/C10H6BrClN2OS/c11-7-4-6(5-16-7)10(15)14-9-3-1-2-8(12)13-9/h1-5H,(H,13,14,15). The molecule has 0 aliphatic heterocycles. The molecule has 0 atom stereocenters. The van der Waals surface area contributed by atoms with Crippen molar-refractivity contribution in [2.24, 2.45) is 0 Å². The average molecular weight is 318 g/mol. The number of thiophene rings is 1. The first-order valence-electron chi connectivity index (χ1n) is 4.33. The molecule has 16 heavy (non-hydrogen) atoms. The Hall–Kier alpha value is -0.910. The Bertz CT molecular complexity index is 529. The van der Waals surface area contributed by atoms with Crippen LogP contribution < -0.4 is 5.32 Å². The van der Waals surface area contributed by atoms with Crippen LogP contribution in [0.1, 0.15) is 10.4 Å². The van der Waals surface area contributed by atoms with Gasteiger partial charge in [-0.1, -0.05) is 17.7 Å². The smallest absolute Gasteiger partial charge is 0.257 e. The van der Waals surface area contributed by atoms with Crippen LogP contribution in [-0.4, -0.2) is 10.9 Å². The number of hydrogen-bond acceptors (Lipinski definition) is 3. The van der Waals surface area contributed by atoms with Gasteiger partial charge in [0, 0.05) is 5.38 Å². The molecule has 2 aromatic rings. The predicted octanol–water partition coefficient (Wildman–Crippen LogP) is 3.81. The minimum Gasteiger partial charge on any atom is -0.306 e. The Balaban J connectivity index is 2.13. The van der Waals surface area contributed by atoms with Crippen molar-refractivity contribution in [3.8, 4) is 0 Å². The van der Waals surface area contributed by atoms with Crippen molar-refractivity contribution in [3.05, 3.63) is 44.1 Å². The van der Waals surface area contributed by atoms with Gasteiger partial charge in [-0.3, -0.25) is 4.79 Å². The molecule has 0 spiro atoms. The molecule has 3 nitrogen and oxygen atoms in total. The quantitative estimate of drug-likeness (QED) is 0.856. The fraction of sp³-hybridized carbons (Fsp3) is 0. The lowest BCUT2D eigenvalue weighted by Crippen LogP contribution is -2.11. The Morgan fingerprint density at radius 1 is 1.50 bits per heavy atom. The van der Waals surface area contributed by atoms with Gasteiger partial charge < -0.3 is 5.32 Å². The molecule has 1 amide bonds. The number of anilines is 1. The van der Waals surface area contributed by atoms with Crippen LogP contribution in [0, 0.1) is 0 Å². The molecular weight excluding hydrogens is 312 g/mol. The van der Waals surface area contributed by atoms with Crippen LogP contribution >= 0.6 is 38.9 Å². The summed E-state index contributed by atoms with van der Waals surface area (Å²) in [6.45, 7) is 0. The third kappa shape index (κ3) is 2.81. The van der Waals surface area contributed by atoms with Crippen LogP contribution in [0.2, 0.25) is 5.15 Å². The molecule has 0 saturated carbocycles. The summed E-state index contributed by atoms with van der Waals surface area (Å²) >= 11 is 10.5. The second kappa shape index (κ2) is 4.95. The van der Waals surface area contributed by atoms with E-state index in [1.165, 1.54) is 11.3 Å². The fourth-order valence-corrected chi connectivity index (χ4v) is 2.40. The lowest BCUT2D eigenvalue weighted by Gasteiger charge is -2.02. The first-order valence-corrected chi connectivity index (χ1v) is 6.38. The van der Waals surface area contributed by atoms with Crippen molar-refractivity contribution in [2.75, 3.05) is 5.32 Å². The van der Waals surface area contributed by atoms with Gasteiger partial charge >= 0.3 is 0 Å². The van der Waals surface area contributed by atoms with Gasteiger partial charge in [0.1, 0.15) is 11.0 Å². The molecule has 0 bridgehead atoms. The summed E-state index contributed by atoms with van der Waals surface area (Å²) in [6.07, 6.45) is 0. The van der Waals surface area contributed by atoms with Gasteiger partial charge in [-0.2, -0.15) is 0 Å². The summed E-state index contributed by atoms with van der Waals surface area (Å²) < 4.78 is 0.914. The summed E-state index contributed by atoms with van der Waals surface area (Å²) in [4.78, 5) is 15.7. The highest BCUT2D eigenvalue weighted by atomic mass is 79.9. The number of carbonyl (C=O) groups excluding carboxylic acids is 1. The van der Waals surface area contributed by atoms with Gasteiger partial charge in [0.25, 0.3) is 5.91 Å². The van der Waals surface area contributed by atoms with E-state index in [1.54, 1.807) is 29.6 Å². The van der Waals surface area contributed by atoms with Crippen LogP contribution in [0.5, 0.6) is 0 Å². The van der Waals surface area contributed by atoms with E-state index in [-0.39, 0.29) is 5.91 Å². The SMILES string of the molecule is O=C(Nc1cccc(Cl)n1)c1csc(Br)c1. The first-order chi connectivity index (χ1) is 7.65. The van der Waals surface area contributed by atoms with Gasteiger partial charge in [-0.15, -0.1) is 11.3 Å². The maximum Gasteiger partial charge on any atom is 0.257 e. The molecule has 1 N–H and O–H groups in total. The normalized spacial score (nSPS) is 10.1. The van der Waals surface area contributed by atoms with E-state index in [1.807, 2.05) is 0 Å². The zero-order valence-corrected chi connectivity index (χ0v) is 11.1. The fourth-order valence-electron chi connectivity index (χ4n) is 1.10. The number of amides is 1. The Kier molecular flexibility index (Phi) is 3.58. The van der Waals surface area contributed by atoms with E-state index >= 15 is 0 Å². The highest BCUT2D eigenvalue weighted by molar-refractivity contribution is 9.11. The summed E-state index contributed by atoms with van der Waals surface area (Å²) in [7, 11) is 0. The van der Waals surface area contributed by atoms with Crippen molar-refractivity contribution in [2.45, 2.75) is 0 Å². The maximum absolute atomic E-state index is 11.7. The molecule has 0 aliphatic carbocycles. The monoisotopic (exact) mass is 316 g/mol. The summed E-state index contributed by atoms with van der Waals surface area (Å²) in [6, 6.07) is 6.82. The van der Waals surface area contributed by atoms with Gasteiger partial charge in [-0.05, 0) is 34.1 Å². The first kappa shape index (κ1) is 11.6. The number of pyridine rings is 1. The van der Waals surface area contributed by atoms with Crippen molar-refractivity contribution in [1.29, 1.82) is 0 Å². The highest BCUT2D eigenvalue weighted by Crippen LogP contribution is 2.21. The molecule has 0 aromatic carbocycles. The highest BCUT2D eigenvalue weighted by Gasteiger charge is 2.08. The Morgan fingerprint density at radius 3 is 2.94 bits per heavy atom. The molecule has 6 heteroatoms. The zero-order valence-electron chi connectivity index (χ0n) is 7.91. The van der Waals surface area contributed by atoms with Crippen LogP contribution in [0.4, 0.5) is 5.82 Å². The molecule has 0 fully saturated rings. The number of nitrogens with one attached hydrogen (secondary N) is 1. The van der Waals surface area contributed by atoms with Crippen LogP contribution in [0.25, 0.3) is 0 Å². The summed E-state index contributed by atoms with van der Waals surface area (Å²) in [5.74, 6) is 0.247. The van der Waals surface area contributed by atoms with Crippen molar-refractivity contribution >= 4 is 50.6 Å². The van der Waals surface area contributed by atoms with E-state index < -0.39 is 0 Å². The van der Waals surface area contributed by atoms with Crippen LogP contribution in [-0.2, 0) is 0 Å². The lowest BCUT2D eigenvalue weighted by molar-refractivity contribution is 0.102. The van der Waals surface area contributed by atoms with E-state index in [0.29, 0.717) is 16.5 Å². The molecule has 0 saturated heterocycles. The predicted molar refractivity (Wildman–Crippen MR) is 69.2 cm³/mol. The van der Waals surface area contributed by atoms with E-state index in [4.69, 9.17) is 11.6 Å². The molecule has 2 rings (SSSR count). The van der Waals surface area contributed by atoms with Crippen LogP contribution in [0.15, 0.2) is 33.4 Å². The number of rotatable bonds is 2. The summed E-state index contributed by atoms with van der Waals surface area (Å²) in [5, 5.41) is 4.78. The summed E-state index contributed by atoms with van der Waals surface area (Å²) in [5.41, 5.74) is 0.596. The lowest BCUT2D eigenvalue weighted by atomic mass is 10.3. The van der Waals surface area contributed by atoms with Gasteiger partial charge in [-0.25, -0.2) is 4.98 Å². The molecule has 0 radical (unpaired) electrons. The Labute approximate surface area is 110 Å². The van der Waals surface area contributed by atoms with Gasteiger partial charge in [0.05, 0.1) is 9.35 Å². The molecule has 0 aliphatic rings. The number of carbonyl (C=O) groups is 1.